The van der Waals surface area contributed by atoms with Gasteiger partial charge < -0.3 is 10.1 Å². The van der Waals surface area contributed by atoms with E-state index in [9.17, 15) is 0 Å². The Hall–Kier alpha value is -1.69. The van der Waals surface area contributed by atoms with Gasteiger partial charge in [0, 0.05) is 4.88 Å². The van der Waals surface area contributed by atoms with Gasteiger partial charge in [-0.3, -0.25) is 0 Å². The normalized spacial score (nSPS) is 10.3. The number of methoxy groups -OCH3 is 1. The largest absolute Gasteiger partial charge is 0.481 e. The monoisotopic (exact) mass is 250 g/mol. The Bertz CT molecular complexity index is 512. The fraction of sp³-hybridized carbons (Fsp3) is 0.364. The van der Waals surface area contributed by atoms with Crippen LogP contribution in [0.25, 0.3) is 0 Å². The first-order valence-electron chi connectivity index (χ1n) is 5.20. The zero-order valence-corrected chi connectivity index (χ0v) is 10.8. The molecule has 0 fully saturated rings. The predicted molar refractivity (Wildman–Crippen MR) is 67.5 cm³/mol. The molecule has 0 saturated heterocycles. The van der Waals surface area contributed by atoms with Gasteiger partial charge in [-0.25, -0.2) is 15.0 Å². The summed E-state index contributed by atoms with van der Waals surface area (Å²) in [5, 5.41) is 3.27. The summed E-state index contributed by atoms with van der Waals surface area (Å²) in [5.41, 5.74) is 3.82. The number of aromatic nitrogens is 3. The van der Waals surface area contributed by atoms with Crippen molar-refractivity contribution in [1.29, 1.82) is 0 Å². The van der Waals surface area contributed by atoms with E-state index in [1.165, 1.54) is 11.2 Å². The second-order valence-corrected chi connectivity index (χ2v) is 4.51. The predicted octanol–water partition coefficient (Wildman–Crippen LogP) is 2.17. The van der Waals surface area contributed by atoms with Crippen molar-refractivity contribution in [2.45, 2.75) is 20.4 Å². The van der Waals surface area contributed by atoms with E-state index >= 15 is 0 Å². The van der Waals surface area contributed by atoms with Crippen LogP contribution in [0.2, 0.25) is 0 Å². The van der Waals surface area contributed by atoms with E-state index in [1.807, 2.05) is 19.4 Å². The molecule has 0 unspecified atom stereocenters. The highest BCUT2D eigenvalue weighted by Gasteiger charge is 2.08. The van der Waals surface area contributed by atoms with Gasteiger partial charge in [0.1, 0.15) is 12.1 Å². The molecule has 2 heterocycles. The second-order valence-electron chi connectivity index (χ2n) is 3.57. The minimum atomic E-state index is 0.600. The molecule has 1 N–H and O–H groups in total. The summed E-state index contributed by atoms with van der Waals surface area (Å²) in [6.45, 7) is 4.65. The van der Waals surface area contributed by atoms with Crippen LogP contribution < -0.4 is 10.1 Å². The van der Waals surface area contributed by atoms with Crippen LogP contribution in [0.3, 0.4) is 0 Å². The van der Waals surface area contributed by atoms with Crippen LogP contribution in [0.5, 0.6) is 5.88 Å². The van der Waals surface area contributed by atoms with E-state index in [0.717, 1.165) is 23.6 Å². The number of thiazole rings is 1. The van der Waals surface area contributed by atoms with E-state index in [1.54, 1.807) is 18.4 Å². The van der Waals surface area contributed by atoms with E-state index in [2.05, 4.69) is 20.3 Å². The number of nitrogens with one attached hydrogen (secondary N) is 1. The molecular weight excluding hydrogens is 236 g/mol. The number of hydrogen-bond donors (Lipinski definition) is 1. The third-order valence-electron chi connectivity index (χ3n) is 2.49. The Labute approximate surface area is 104 Å². The molecule has 0 spiro atoms. The minimum absolute atomic E-state index is 0.600. The molecule has 0 saturated carbocycles. The van der Waals surface area contributed by atoms with Crippen LogP contribution >= 0.6 is 11.3 Å². The fourth-order valence-corrected chi connectivity index (χ4v) is 2.19. The van der Waals surface area contributed by atoms with Crippen molar-refractivity contribution in [3.05, 3.63) is 28.0 Å². The summed E-state index contributed by atoms with van der Waals surface area (Å²) in [5.74, 6) is 1.40. The number of ether oxygens (including phenoxy) is 1. The minimum Gasteiger partial charge on any atom is -0.481 e. The molecule has 0 aliphatic carbocycles. The molecule has 17 heavy (non-hydrogen) atoms. The van der Waals surface area contributed by atoms with Gasteiger partial charge in [0.2, 0.25) is 5.88 Å². The molecule has 0 aliphatic heterocycles. The standard InChI is InChI=1S/C11H14N4OS/c1-7-10(13-5-14-11(7)16-3)12-4-9-8(2)15-6-17-9/h5-6H,4H2,1-3H3,(H,12,13,14). The number of rotatable bonds is 4. The van der Waals surface area contributed by atoms with Crippen molar-refractivity contribution in [3.63, 3.8) is 0 Å². The lowest BCUT2D eigenvalue weighted by Gasteiger charge is -2.09. The molecule has 0 amide bonds. The van der Waals surface area contributed by atoms with Crippen molar-refractivity contribution in [1.82, 2.24) is 15.0 Å². The first kappa shape index (κ1) is 11.8. The highest BCUT2D eigenvalue weighted by Crippen LogP contribution is 2.21. The van der Waals surface area contributed by atoms with Crippen molar-refractivity contribution in [2.24, 2.45) is 0 Å². The average Bonchev–Trinajstić information content (AvgIpc) is 2.74. The van der Waals surface area contributed by atoms with Crippen LogP contribution in [0, 0.1) is 13.8 Å². The van der Waals surface area contributed by atoms with Crippen molar-refractivity contribution >= 4 is 17.2 Å². The van der Waals surface area contributed by atoms with Crippen LogP contribution in [-0.2, 0) is 6.54 Å². The Balaban J connectivity index is 2.12. The van der Waals surface area contributed by atoms with Gasteiger partial charge in [-0.1, -0.05) is 0 Å². The maximum atomic E-state index is 5.15. The molecule has 2 rings (SSSR count). The summed E-state index contributed by atoms with van der Waals surface area (Å²) in [7, 11) is 1.60. The Morgan fingerprint density at radius 2 is 2.12 bits per heavy atom. The maximum Gasteiger partial charge on any atom is 0.221 e. The van der Waals surface area contributed by atoms with Gasteiger partial charge in [0.25, 0.3) is 0 Å². The van der Waals surface area contributed by atoms with Crippen molar-refractivity contribution in [3.8, 4) is 5.88 Å². The zero-order chi connectivity index (χ0) is 12.3. The van der Waals surface area contributed by atoms with Crippen molar-refractivity contribution in [2.75, 3.05) is 12.4 Å². The first-order valence-corrected chi connectivity index (χ1v) is 6.08. The summed E-state index contributed by atoms with van der Waals surface area (Å²) in [6, 6.07) is 0. The molecular formula is C11H14N4OS. The van der Waals surface area contributed by atoms with Gasteiger partial charge in [0.05, 0.1) is 30.4 Å². The molecule has 2 aromatic rings. The highest BCUT2D eigenvalue weighted by molar-refractivity contribution is 7.09. The maximum absolute atomic E-state index is 5.15. The van der Waals surface area contributed by atoms with Crippen LogP contribution in [0.15, 0.2) is 11.8 Å². The SMILES string of the molecule is COc1ncnc(NCc2scnc2C)c1C. The average molecular weight is 250 g/mol. The quantitative estimate of drug-likeness (QED) is 0.901. The molecule has 0 atom stereocenters. The van der Waals surface area contributed by atoms with Gasteiger partial charge in [-0.05, 0) is 13.8 Å². The highest BCUT2D eigenvalue weighted by atomic mass is 32.1. The van der Waals surface area contributed by atoms with Gasteiger partial charge >= 0.3 is 0 Å². The molecule has 2 aromatic heterocycles. The molecule has 0 aliphatic rings. The lowest BCUT2D eigenvalue weighted by atomic mass is 10.3. The molecule has 0 aromatic carbocycles. The van der Waals surface area contributed by atoms with Crippen LogP contribution in [0.1, 0.15) is 16.1 Å². The van der Waals surface area contributed by atoms with Crippen molar-refractivity contribution < 1.29 is 4.74 Å². The third-order valence-corrected chi connectivity index (χ3v) is 3.43. The number of anilines is 1. The summed E-state index contributed by atoms with van der Waals surface area (Å²) >= 11 is 1.64. The Morgan fingerprint density at radius 3 is 2.76 bits per heavy atom. The Kier molecular flexibility index (Phi) is 3.53. The van der Waals surface area contributed by atoms with E-state index in [4.69, 9.17) is 4.74 Å². The van der Waals surface area contributed by atoms with Crippen LogP contribution in [-0.4, -0.2) is 22.1 Å². The number of nitrogens with zero attached hydrogens (tertiary/aromatic N) is 3. The number of aryl methyl sites for hydroxylation is 1. The molecule has 6 heteroatoms. The first-order chi connectivity index (χ1) is 8.22. The van der Waals surface area contributed by atoms with Gasteiger partial charge in [-0.2, -0.15) is 0 Å². The summed E-state index contributed by atoms with van der Waals surface area (Å²) < 4.78 is 5.15. The molecule has 0 radical (unpaired) electrons. The fourth-order valence-electron chi connectivity index (χ4n) is 1.48. The molecule has 5 nitrogen and oxygen atoms in total. The zero-order valence-electron chi connectivity index (χ0n) is 10.0. The smallest absolute Gasteiger partial charge is 0.221 e. The molecule has 90 valence electrons. The van der Waals surface area contributed by atoms with E-state index in [0.29, 0.717) is 5.88 Å². The summed E-state index contributed by atoms with van der Waals surface area (Å²) in [6.07, 6.45) is 1.49. The topological polar surface area (TPSA) is 59.9 Å². The number of hydrogen-bond acceptors (Lipinski definition) is 6. The van der Waals surface area contributed by atoms with Crippen LogP contribution in [0.4, 0.5) is 5.82 Å². The van der Waals surface area contributed by atoms with Gasteiger partial charge in [-0.15, -0.1) is 11.3 Å². The van der Waals surface area contributed by atoms with Gasteiger partial charge in [0.15, 0.2) is 0 Å². The Morgan fingerprint density at radius 1 is 1.29 bits per heavy atom. The van der Waals surface area contributed by atoms with E-state index in [-0.39, 0.29) is 0 Å². The molecule has 0 bridgehead atoms. The second kappa shape index (κ2) is 5.09. The third kappa shape index (κ3) is 2.52. The lowest BCUT2D eigenvalue weighted by molar-refractivity contribution is 0.393. The summed E-state index contributed by atoms with van der Waals surface area (Å²) in [4.78, 5) is 13.7. The van der Waals surface area contributed by atoms with E-state index < -0.39 is 0 Å². The lowest BCUT2D eigenvalue weighted by Crippen LogP contribution is -2.05.